The standard InChI is InChI=1S/C23H32N2O7S/c1-7-12-31-21(27)23(14-19(23)30-5)13-17(15-32-33(6)22(2,3)4)24-20(26)16-8-10-18(11-9-16)25(28)29/h7-11,17,19H,1,12-15H2,2-6H3/p+1/t17-,19?,23?,33?/m0/s1. The first-order valence-electron chi connectivity index (χ1n) is 10.6. The van der Waals surface area contributed by atoms with Crippen LogP contribution in [0.5, 0.6) is 0 Å². The Morgan fingerprint density at radius 2 is 2.00 bits per heavy atom. The fraction of sp³-hybridized carbons (Fsp3) is 0.565. The zero-order valence-electron chi connectivity index (χ0n) is 19.8. The molecule has 9 nitrogen and oxygen atoms in total. The van der Waals surface area contributed by atoms with Gasteiger partial charge in [0.1, 0.15) is 30.6 Å². The van der Waals surface area contributed by atoms with Crippen molar-refractivity contribution in [3.05, 3.63) is 52.6 Å². The Morgan fingerprint density at radius 1 is 1.36 bits per heavy atom. The van der Waals surface area contributed by atoms with Gasteiger partial charge in [0.15, 0.2) is 4.75 Å². The molecule has 0 aliphatic heterocycles. The van der Waals surface area contributed by atoms with Crippen LogP contribution >= 0.6 is 0 Å². The van der Waals surface area contributed by atoms with Crippen molar-refractivity contribution in [2.45, 2.75) is 50.5 Å². The van der Waals surface area contributed by atoms with Crippen molar-refractivity contribution >= 4 is 28.7 Å². The second-order valence-electron chi connectivity index (χ2n) is 9.00. The normalized spacial score (nSPS) is 21.5. The molecule has 1 N–H and O–H groups in total. The maximum Gasteiger partial charge on any atom is 0.315 e. The monoisotopic (exact) mass is 481 g/mol. The lowest BCUT2D eigenvalue weighted by molar-refractivity contribution is -0.384. The van der Waals surface area contributed by atoms with Crippen molar-refractivity contribution in [1.29, 1.82) is 0 Å². The summed E-state index contributed by atoms with van der Waals surface area (Å²) in [6, 6.07) is 4.85. The molecule has 1 aromatic carbocycles. The van der Waals surface area contributed by atoms with E-state index in [0.717, 1.165) is 0 Å². The largest absolute Gasteiger partial charge is 0.461 e. The van der Waals surface area contributed by atoms with E-state index in [0.29, 0.717) is 6.42 Å². The molecule has 2 rings (SSSR count). The Bertz CT molecular complexity index is 869. The van der Waals surface area contributed by atoms with Gasteiger partial charge in [-0.1, -0.05) is 12.7 Å². The molecule has 4 atom stereocenters. The van der Waals surface area contributed by atoms with Crippen LogP contribution in [-0.4, -0.2) is 60.3 Å². The summed E-state index contributed by atoms with van der Waals surface area (Å²) in [5.41, 5.74) is -0.696. The minimum absolute atomic E-state index is 0.0812. The number of nitrogens with one attached hydrogen (secondary N) is 1. The summed E-state index contributed by atoms with van der Waals surface area (Å²) in [5, 5.41) is 13.8. The van der Waals surface area contributed by atoms with E-state index in [1.807, 2.05) is 6.26 Å². The summed E-state index contributed by atoms with van der Waals surface area (Å²) in [7, 11) is 1.54. The van der Waals surface area contributed by atoms with Crippen LogP contribution in [0.25, 0.3) is 0 Å². The molecule has 0 bridgehead atoms. The van der Waals surface area contributed by atoms with Gasteiger partial charge >= 0.3 is 5.97 Å². The molecular formula is C23H33N2O7S+. The molecule has 0 saturated heterocycles. The number of amides is 1. The highest BCUT2D eigenvalue weighted by atomic mass is 32.2. The Balaban J connectivity index is 2.19. The van der Waals surface area contributed by atoms with Crippen LogP contribution in [0.1, 0.15) is 44.0 Å². The molecule has 0 radical (unpaired) electrons. The number of carbonyl (C=O) groups is 2. The maximum absolute atomic E-state index is 12.9. The summed E-state index contributed by atoms with van der Waals surface area (Å²) in [4.78, 5) is 36.0. The third kappa shape index (κ3) is 7.02. The molecule has 182 valence electrons. The van der Waals surface area contributed by atoms with Crippen LogP contribution in [0.4, 0.5) is 5.69 Å². The molecular weight excluding hydrogens is 448 g/mol. The summed E-state index contributed by atoms with van der Waals surface area (Å²) in [5.74, 6) is -0.801. The predicted molar refractivity (Wildman–Crippen MR) is 127 cm³/mol. The van der Waals surface area contributed by atoms with E-state index in [1.54, 1.807) is 0 Å². The Hall–Kier alpha value is -2.43. The van der Waals surface area contributed by atoms with E-state index in [1.165, 1.54) is 37.5 Å². The van der Waals surface area contributed by atoms with Crippen molar-refractivity contribution in [2.75, 3.05) is 26.6 Å². The Morgan fingerprint density at radius 3 is 2.48 bits per heavy atom. The highest BCUT2D eigenvalue weighted by Gasteiger charge is 2.63. The molecule has 3 unspecified atom stereocenters. The van der Waals surface area contributed by atoms with Gasteiger partial charge in [-0.15, -0.1) is 0 Å². The van der Waals surface area contributed by atoms with Crippen molar-refractivity contribution < 1.29 is 28.2 Å². The number of nitro groups is 1. The minimum atomic E-state index is -0.872. The Labute approximate surface area is 197 Å². The first kappa shape index (κ1) is 26.8. The molecule has 10 heteroatoms. The van der Waals surface area contributed by atoms with Crippen molar-refractivity contribution in [3.8, 4) is 0 Å². The molecule has 1 amide bonds. The summed E-state index contributed by atoms with van der Waals surface area (Å²) in [6.45, 7) is 10.1. The molecule has 1 aromatic rings. The third-order valence-corrected chi connectivity index (χ3v) is 7.84. The molecule has 1 saturated carbocycles. The van der Waals surface area contributed by atoms with Gasteiger partial charge < -0.3 is 14.8 Å². The number of hydrogen-bond donors (Lipinski definition) is 1. The van der Waals surface area contributed by atoms with Crippen LogP contribution in [0.2, 0.25) is 0 Å². The molecule has 0 heterocycles. The lowest BCUT2D eigenvalue weighted by Crippen LogP contribution is -2.44. The number of benzene rings is 1. The van der Waals surface area contributed by atoms with Crippen LogP contribution in [-0.2, 0) is 29.6 Å². The molecule has 1 aliphatic carbocycles. The van der Waals surface area contributed by atoms with Crippen LogP contribution in [0.3, 0.4) is 0 Å². The van der Waals surface area contributed by atoms with E-state index in [9.17, 15) is 19.7 Å². The first-order chi connectivity index (χ1) is 15.4. The van der Waals surface area contributed by atoms with E-state index in [4.69, 9.17) is 13.7 Å². The van der Waals surface area contributed by atoms with Gasteiger partial charge in [0.05, 0.1) is 22.5 Å². The number of hydrogen-bond acceptors (Lipinski definition) is 7. The lowest BCUT2D eigenvalue weighted by Gasteiger charge is -2.24. The fourth-order valence-corrected chi connectivity index (χ4v) is 4.05. The SMILES string of the molecule is C=CCOC(=O)C1(C[C@@H](CO[S+](C)C(C)(C)C)NC(=O)c2ccc([N+](=O)[O-])cc2)CC1OC. The van der Waals surface area contributed by atoms with Crippen LogP contribution in [0.15, 0.2) is 36.9 Å². The van der Waals surface area contributed by atoms with Crippen molar-refractivity contribution in [1.82, 2.24) is 5.32 Å². The van der Waals surface area contributed by atoms with E-state index < -0.39 is 39.4 Å². The van der Waals surface area contributed by atoms with E-state index in [2.05, 4.69) is 32.7 Å². The number of methoxy groups -OCH3 is 1. The highest BCUT2D eigenvalue weighted by molar-refractivity contribution is 7.93. The van der Waals surface area contributed by atoms with E-state index in [-0.39, 0.29) is 41.7 Å². The predicted octanol–water partition coefficient (Wildman–Crippen LogP) is 3.20. The smallest absolute Gasteiger partial charge is 0.315 e. The lowest BCUT2D eigenvalue weighted by atomic mass is 9.96. The van der Waals surface area contributed by atoms with Crippen molar-refractivity contribution in [2.24, 2.45) is 5.41 Å². The zero-order valence-corrected chi connectivity index (χ0v) is 20.6. The minimum Gasteiger partial charge on any atom is -0.461 e. The number of nitro benzene ring substituents is 1. The number of carbonyl (C=O) groups excluding carboxylic acids is 2. The number of rotatable bonds is 12. The molecule has 0 aromatic heterocycles. The van der Waals surface area contributed by atoms with Crippen molar-refractivity contribution in [3.63, 3.8) is 0 Å². The first-order valence-corrected chi connectivity index (χ1v) is 12.2. The van der Waals surface area contributed by atoms with Gasteiger partial charge in [-0.3, -0.25) is 19.7 Å². The number of nitrogens with zero attached hydrogens (tertiary/aromatic N) is 1. The third-order valence-electron chi connectivity index (χ3n) is 5.62. The quantitative estimate of drug-likeness (QED) is 0.160. The topological polar surface area (TPSA) is 117 Å². The molecule has 0 spiro atoms. The van der Waals surface area contributed by atoms with Crippen LogP contribution in [0, 0.1) is 15.5 Å². The number of esters is 1. The van der Waals surface area contributed by atoms with Gasteiger partial charge in [-0.25, -0.2) is 0 Å². The van der Waals surface area contributed by atoms with E-state index >= 15 is 0 Å². The second-order valence-corrected chi connectivity index (χ2v) is 11.4. The van der Waals surface area contributed by atoms with Gasteiger partial charge in [0, 0.05) is 24.8 Å². The second kappa shape index (κ2) is 11.1. The maximum atomic E-state index is 12.9. The highest BCUT2D eigenvalue weighted by Crippen LogP contribution is 2.53. The fourth-order valence-electron chi connectivity index (χ4n) is 3.33. The van der Waals surface area contributed by atoms with Gasteiger partial charge in [-0.2, -0.15) is 4.18 Å². The Kier molecular flexibility index (Phi) is 9.04. The summed E-state index contributed by atoms with van der Waals surface area (Å²) >= 11 is -0.397. The molecule has 1 fully saturated rings. The van der Waals surface area contributed by atoms with Gasteiger partial charge in [0.2, 0.25) is 0 Å². The molecule has 33 heavy (non-hydrogen) atoms. The summed E-state index contributed by atoms with van der Waals surface area (Å²) in [6.07, 6.45) is 3.94. The average Bonchev–Trinajstić information content (AvgIpc) is 3.48. The number of non-ortho nitro benzene ring substituents is 1. The van der Waals surface area contributed by atoms with Gasteiger partial charge in [0.25, 0.3) is 11.6 Å². The summed E-state index contributed by atoms with van der Waals surface area (Å²) < 4.78 is 16.7. The number of ether oxygens (including phenoxy) is 2. The zero-order chi connectivity index (χ0) is 24.8. The van der Waals surface area contributed by atoms with Crippen LogP contribution < -0.4 is 5.32 Å². The average molecular weight is 482 g/mol. The van der Waals surface area contributed by atoms with Gasteiger partial charge in [-0.05, 0) is 45.7 Å². The molecule has 1 aliphatic rings.